The lowest BCUT2D eigenvalue weighted by Gasteiger charge is -2.22. The monoisotopic (exact) mass is 368 g/mol. The molecule has 26 heavy (non-hydrogen) atoms. The summed E-state index contributed by atoms with van der Waals surface area (Å²) in [5, 5.41) is 20.1. The second-order valence-electron chi connectivity index (χ2n) is 6.37. The summed E-state index contributed by atoms with van der Waals surface area (Å²) in [6.45, 7) is 13.7. The molecule has 2 atom stereocenters. The van der Waals surface area contributed by atoms with Crippen molar-refractivity contribution in [2.75, 3.05) is 52.5 Å². The van der Waals surface area contributed by atoms with Gasteiger partial charge in [-0.05, 0) is 50.4 Å². The Morgan fingerprint density at radius 1 is 0.692 bits per heavy atom. The quantitative estimate of drug-likeness (QED) is 0.522. The number of nitrogens with zero attached hydrogens (tertiary/aromatic N) is 2. The minimum atomic E-state index is -0.513. The number of benzene rings is 1. The van der Waals surface area contributed by atoms with Crippen molar-refractivity contribution < 1.29 is 19.7 Å². The molecule has 0 saturated heterocycles. The first-order valence-corrected chi connectivity index (χ1v) is 9.68. The summed E-state index contributed by atoms with van der Waals surface area (Å²) in [7, 11) is 0. The van der Waals surface area contributed by atoms with E-state index < -0.39 is 12.2 Å². The molecule has 6 nitrogen and oxygen atoms in total. The Kier molecular flexibility index (Phi) is 11.3. The molecule has 1 aromatic rings. The number of rotatable bonds is 14. The van der Waals surface area contributed by atoms with Gasteiger partial charge in [0.25, 0.3) is 0 Å². The van der Waals surface area contributed by atoms with Crippen LogP contribution >= 0.6 is 0 Å². The SMILES string of the molecule is CCN(CC)C[C@H](O)COc1ccc(OC[C@H](O)CN(CC)CC)cc1. The summed E-state index contributed by atoms with van der Waals surface area (Å²) < 4.78 is 11.3. The first-order chi connectivity index (χ1) is 12.5. The summed E-state index contributed by atoms with van der Waals surface area (Å²) in [5.74, 6) is 1.39. The summed E-state index contributed by atoms with van der Waals surface area (Å²) in [5.41, 5.74) is 0. The highest BCUT2D eigenvalue weighted by atomic mass is 16.5. The summed E-state index contributed by atoms with van der Waals surface area (Å²) in [4.78, 5) is 4.32. The van der Waals surface area contributed by atoms with E-state index in [0.29, 0.717) is 24.6 Å². The van der Waals surface area contributed by atoms with Gasteiger partial charge >= 0.3 is 0 Å². The molecule has 0 spiro atoms. The summed E-state index contributed by atoms with van der Waals surface area (Å²) in [6, 6.07) is 7.26. The van der Waals surface area contributed by atoms with E-state index in [1.807, 2.05) is 24.3 Å². The van der Waals surface area contributed by atoms with Crippen molar-refractivity contribution in [1.82, 2.24) is 9.80 Å². The van der Waals surface area contributed by atoms with Crippen molar-refractivity contribution in [2.24, 2.45) is 0 Å². The van der Waals surface area contributed by atoms with Crippen LogP contribution in [0.25, 0.3) is 0 Å². The van der Waals surface area contributed by atoms with Crippen LogP contribution in [-0.2, 0) is 0 Å². The molecule has 0 bridgehead atoms. The van der Waals surface area contributed by atoms with E-state index in [-0.39, 0.29) is 13.2 Å². The Bertz CT molecular complexity index is 418. The molecule has 150 valence electrons. The third kappa shape index (κ3) is 8.85. The van der Waals surface area contributed by atoms with Gasteiger partial charge in [0, 0.05) is 13.1 Å². The van der Waals surface area contributed by atoms with Crippen molar-refractivity contribution in [3.8, 4) is 11.5 Å². The molecule has 0 aliphatic rings. The topological polar surface area (TPSA) is 65.4 Å². The van der Waals surface area contributed by atoms with Crippen LogP contribution in [0.15, 0.2) is 24.3 Å². The van der Waals surface area contributed by atoms with Crippen molar-refractivity contribution in [1.29, 1.82) is 0 Å². The molecule has 0 saturated carbocycles. The van der Waals surface area contributed by atoms with Gasteiger partial charge in [-0.15, -0.1) is 0 Å². The Hall–Kier alpha value is -1.34. The molecule has 1 rings (SSSR count). The van der Waals surface area contributed by atoms with Gasteiger partial charge in [0.2, 0.25) is 0 Å². The van der Waals surface area contributed by atoms with E-state index in [4.69, 9.17) is 9.47 Å². The van der Waals surface area contributed by atoms with Gasteiger partial charge in [-0.3, -0.25) is 0 Å². The Morgan fingerprint density at radius 3 is 1.27 bits per heavy atom. The molecular weight excluding hydrogens is 332 g/mol. The average molecular weight is 369 g/mol. The van der Waals surface area contributed by atoms with Crippen LogP contribution in [0.4, 0.5) is 0 Å². The molecule has 0 radical (unpaired) electrons. The van der Waals surface area contributed by atoms with Crippen molar-refractivity contribution in [3.63, 3.8) is 0 Å². The highest BCUT2D eigenvalue weighted by molar-refractivity contribution is 5.31. The third-order valence-electron chi connectivity index (χ3n) is 4.44. The van der Waals surface area contributed by atoms with E-state index in [1.54, 1.807) is 0 Å². The van der Waals surface area contributed by atoms with Gasteiger partial charge in [0.05, 0.1) is 0 Å². The van der Waals surface area contributed by atoms with E-state index in [2.05, 4.69) is 37.5 Å². The zero-order valence-corrected chi connectivity index (χ0v) is 16.7. The lowest BCUT2D eigenvalue weighted by molar-refractivity contribution is 0.0702. The molecule has 1 aromatic carbocycles. The molecular formula is C20H36N2O4. The number of hydrogen-bond donors (Lipinski definition) is 2. The molecule has 0 aliphatic heterocycles. The van der Waals surface area contributed by atoms with Crippen LogP contribution in [0.3, 0.4) is 0 Å². The molecule has 0 unspecified atom stereocenters. The smallest absolute Gasteiger partial charge is 0.119 e. The Labute approximate surface area is 158 Å². The molecule has 0 amide bonds. The second kappa shape index (κ2) is 12.9. The van der Waals surface area contributed by atoms with Crippen molar-refractivity contribution >= 4 is 0 Å². The zero-order valence-electron chi connectivity index (χ0n) is 16.7. The fraction of sp³-hybridized carbons (Fsp3) is 0.700. The van der Waals surface area contributed by atoms with Crippen LogP contribution in [0.5, 0.6) is 11.5 Å². The predicted molar refractivity (Wildman–Crippen MR) is 105 cm³/mol. The standard InChI is InChI=1S/C20H36N2O4/c1-5-21(6-2)13-17(23)15-25-19-9-11-20(12-10-19)26-16-18(24)14-22(7-3)8-4/h9-12,17-18,23-24H,5-8,13-16H2,1-4H3/t17-,18+. The van der Waals surface area contributed by atoms with Gasteiger partial charge in [-0.25, -0.2) is 0 Å². The third-order valence-corrected chi connectivity index (χ3v) is 4.44. The van der Waals surface area contributed by atoms with Crippen LogP contribution in [0.1, 0.15) is 27.7 Å². The van der Waals surface area contributed by atoms with E-state index in [9.17, 15) is 10.2 Å². The summed E-state index contributed by atoms with van der Waals surface area (Å²) >= 11 is 0. The lowest BCUT2D eigenvalue weighted by Crippen LogP contribution is -2.35. The molecule has 0 aromatic heterocycles. The molecule has 0 fully saturated rings. The number of likely N-dealkylation sites (N-methyl/N-ethyl adjacent to an activating group) is 2. The van der Waals surface area contributed by atoms with Crippen molar-refractivity contribution in [2.45, 2.75) is 39.9 Å². The first-order valence-electron chi connectivity index (χ1n) is 9.68. The number of ether oxygens (including phenoxy) is 2. The molecule has 2 N–H and O–H groups in total. The van der Waals surface area contributed by atoms with Crippen LogP contribution in [0, 0.1) is 0 Å². The Morgan fingerprint density at radius 2 is 1.00 bits per heavy atom. The highest BCUT2D eigenvalue weighted by Crippen LogP contribution is 2.18. The van der Waals surface area contributed by atoms with Crippen LogP contribution in [-0.4, -0.2) is 84.7 Å². The number of aliphatic hydroxyl groups excluding tert-OH is 2. The maximum Gasteiger partial charge on any atom is 0.119 e. The van der Waals surface area contributed by atoms with Gasteiger partial charge in [-0.2, -0.15) is 0 Å². The minimum Gasteiger partial charge on any atom is -0.491 e. The second-order valence-corrected chi connectivity index (χ2v) is 6.37. The molecule has 0 aliphatic carbocycles. The first kappa shape index (κ1) is 22.7. The maximum atomic E-state index is 10.0. The number of hydrogen-bond acceptors (Lipinski definition) is 6. The molecule has 6 heteroatoms. The van der Waals surface area contributed by atoms with Gasteiger partial charge < -0.3 is 29.5 Å². The van der Waals surface area contributed by atoms with Gasteiger partial charge in [0.15, 0.2) is 0 Å². The van der Waals surface area contributed by atoms with Crippen molar-refractivity contribution in [3.05, 3.63) is 24.3 Å². The Balaban J connectivity index is 2.34. The van der Waals surface area contributed by atoms with Gasteiger partial charge in [0.1, 0.15) is 36.9 Å². The van der Waals surface area contributed by atoms with Gasteiger partial charge in [-0.1, -0.05) is 27.7 Å². The predicted octanol–water partition coefficient (Wildman–Crippen LogP) is 1.85. The molecule has 0 heterocycles. The fourth-order valence-corrected chi connectivity index (χ4v) is 2.68. The largest absolute Gasteiger partial charge is 0.491 e. The lowest BCUT2D eigenvalue weighted by atomic mass is 10.3. The average Bonchev–Trinajstić information content (AvgIpc) is 2.67. The van der Waals surface area contributed by atoms with Crippen LogP contribution < -0.4 is 9.47 Å². The zero-order chi connectivity index (χ0) is 19.4. The fourth-order valence-electron chi connectivity index (χ4n) is 2.68. The number of aliphatic hydroxyl groups is 2. The maximum absolute atomic E-state index is 10.0. The van der Waals surface area contributed by atoms with Crippen LogP contribution in [0.2, 0.25) is 0 Å². The van der Waals surface area contributed by atoms with E-state index >= 15 is 0 Å². The normalized spacial score (nSPS) is 13.8. The summed E-state index contributed by atoms with van der Waals surface area (Å²) in [6.07, 6.45) is -1.03. The minimum absolute atomic E-state index is 0.263. The van der Waals surface area contributed by atoms with E-state index in [1.165, 1.54) is 0 Å². The highest BCUT2D eigenvalue weighted by Gasteiger charge is 2.11. The van der Waals surface area contributed by atoms with E-state index in [0.717, 1.165) is 26.2 Å².